The number of fused-ring (bicyclic) bond motifs is 1. The van der Waals surface area contributed by atoms with E-state index in [-0.39, 0.29) is 11.9 Å². The molecule has 2 amide bonds. The van der Waals surface area contributed by atoms with E-state index in [9.17, 15) is 4.79 Å². The molecule has 1 fully saturated rings. The largest absolute Gasteiger partial charge is 0.497 e. The van der Waals surface area contributed by atoms with E-state index in [1.807, 2.05) is 53.8 Å². The standard InChI is InChI=1S/C24H27N5O2S/c1-4-25-23(32-3)27-24(30)28-13-8-10-18(16-28)22-26-21(20-12-5-6-14-29(20)22)17-9-7-11-19(15-17)31-2/h4-7,9,11-12,14-15,18H,1,8,10,13,16H2,2-3H3,(H,25,27,30). The third-order valence-corrected chi connectivity index (χ3v) is 6.20. The predicted molar refractivity (Wildman–Crippen MR) is 130 cm³/mol. The molecule has 1 aliphatic heterocycles. The molecular weight excluding hydrogens is 422 g/mol. The van der Waals surface area contributed by atoms with Gasteiger partial charge in [-0.25, -0.2) is 14.8 Å². The summed E-state index contributed by atoms with van der Waals surface area (Å²) in [6.45, 7) is 4.92. The van der Waals surface area contributed by atoms with Crippen LogP contribution in [0.15, 0.2) is 66.4 Å². The second-order valence-electron chi connectivity index (χ2n) is 7.54. The van der Waals surface area contributed by atoms with Crippen molar-refractivity contribution in [3.05, 3.63) is 67.3 Å². The highest BCUT2D eigenvalue weighted by Gasteiger charge is 2.29. The summed E-state index contributed by atoms with van der Waals surface area (Å²) in [4.78, 5) is 23.8. The fourth-order valence-electron chi connectivity index (χ4n) is 4.09. The van der Waals surface area contributed by atoms with Crippen LogP contribution >= 0.6 is 11.8 Å². The van der Waals surface area contributed by atoms with E-state index >= 15 is 0 Å². The lowest BCUT2D eigenvalue weighted by atomic mass is 9.97. The van der Waals surface area contributed by atoms with Crippen molar-refractivity contribution < 1.29 is 9.53 Å². The third-order valence-electron chi connectivity index (χ3n) is 5.61. The van der Waals surface area contributed by atoms with Gasteiger partial charge in [-0.1, -0.05) is 36.5 Å². The summed E-state index contributed by atoms with van der Waals surface area (Å²) in [6.07, 6.45) is 7.25. The Morgan fingerprint density at radius 2 is 2.22 bits per heavy atom. The molecule has 2 aromatic heterocycles. The van der Waals surface area contributed by atoms with Crippen molar-refractivity contribution in [2.75, 3.05) is 26.5 Å². The lowest BCUT2D eigenvalue weighted by Gasteiger charge is -2.32. The number of pyridine rings is 1. The SMILES string of the molecule is C=CN=C(NC(=O)N1CCCC(c2nc(-c3cccc(OC)c3)c3ccccn23)C1)SC. The molecule has 0 saturated carbocycles. The molecule has 1 aromatic carbocycles. The number of piperidine rings is 1. The van der Waals surface area contributed by atoms with Crippen LogP contribution in [0.4, 0.5) is 4.79 Å². The van der Waals surface area contributed by atoms with Crippen LogP contribution in [-0.2, 0) is 0 Å². The molecule has 0 spiro atoms. The van der Waals surface area contributed by atoms with Gasteiger partial charge in [0.05, 0.1) is 18.3 Å². The van der Waals surface area contributed by atoms with Gasteiger partial charge in [-0.3, -0.25) is 5.32 Å². The van der Waals surface area contributed by atoms with Crippen molar-refractivity contribution in [2.24, 2.45) is 4.99 Å². The van der Waals surface area contributed by atoms with E-state index in [0.29, 0.717) is 18.3 Å². The highest BCUT2D eigenvalue weighted by molar-refractivity contribution is 8.13. The number of aliphatic imine (C=N–C) groups is 1. The van der Waals surface area contributed by atoms with Crippen molar-refractivity contribution in [1.82, 2.24) is 19.6 Å². The van der Waals surface area contributed by atoms with Gasteiger partial charge < -0.3 is 14.0 Å². The van der Waals surface area contributed by atoms with Crippen LogP contribution in [0, 0.1) is 0 Å². The zero-order valence-corrected chi connectivity index (χ0v) is 19.1. The minimum atomic E-state index is -0.140. The molecule has 3 heterocycles. The first-order chi connectivity index (χ1) is 15.6. The van der Waals surface area contributed by atoms with E-state index < -0.39 is 0 Å². The number of nitrogens with zero attached hydrogens (tertiary/aromatic N) is 4. The maximum Gasteiger partial charge on any atom is 0.323 e. The fourth-order valence-corrected chi connectivity index (χ4v) is 4.46. The number of benzene rings is 1. The van der Waals surface area contributed by atoms with Gasteiger partial charge in [0.2, 0.25) is 0 Å². The van der Waals surface area contributed by atoms with Crippen molar-refractivity contribution >= 4 is 28.5 Å². The Bertz CT molecular complexity index is 1160. The minimum Gasteiger partial charge on any atom is -0.497 e. The normalized spacial score (nSPS) is 16.8. The number of hydrogen-bond acceptors (Lipinski definition) is 5. The maximum absolute atomic E-state index is 12.8. The zero-order chi connectivity index (χ0) is 22.5. The lowest BCUT2D eigenvalue weighted by Crippen LogP contribution is -2.46. The third kappa shape index (κ3) is 4.50. The summed E-state index contributed by atoms with van der Waals surface area (Å²) >= 11 is 1.38. The average Bonchev–Trinajstić information content (AvgIpc) is 3.23. The van der Waals surface area contributed by atoms with Crippen LogP contribution in [0.1, 0.15) is 24.6 Å². The molecule has 3 aromatic rings. The number of ether oxygens (including phenoxy) is 1. The molecule has 0 radical (unpaired) electrons. The van der Waals surface area contributed by atoms with E-state index in [1.54, 1.807) is 7.11 Å². The summed E-state index contributed by atoms with van der Waals surface area (Å²) in [5.41, 5.74) is 2.97. The number of amidine groups is 1. The quantitative estimate of drug-likeness (QED) is 0.460. The van der Waals surface area contributed by atoms with E-state index in [0.717, 1.165) is 41.2 Å². The minimum absolute atomic E-state index is 0.137. The Morgan fingerprint density at radius 3 is 3.00 bits per heavy atom. The van der Waals surface area contributed by atoms with E-state index in [2.05, 4.69) is 27.4 Å². The molecule has 1 N–H and O–H groups in total. The molecule has 4 rings (SSSR count). The number of carbonyl (C=O) groups excluding carboxylic acids is 1. The molecule has 166 valence electrons. The number of methoxy groups -OCH3 is 1. The molecule has 1 saturated heterocycles. The first kappa shape index (κ1) is 22.0. The van der Waals surface area contributed by atoms with Crippen LogP contribution in [0.3, 0.4) is 0 Å². The number of thioether (sulfide) groups is 1. The molecular formula is C24H27N5O2S. The number of carbonyl (C=O) groups is 1. The van der Waals surface area contributed by atoms with Gasteiger partial charge in [0.1, 0.15) is 11.6 Å². The number of aromatic nitrogens is 2. The van der Waals surface area contributed by atoms with E-state index in [4.69, 9.17) is 9.72 Å². The summed E-state index contributed by atoms with van der Waals surface area (Å²) in [5.74, 6) is 1.91. The highest BCUT2D eigenvalue weighted by atomic mass is 32.2. The molecule has 1 unspecified atom stereocenters. The van der Waals surface area contributed by atoms with Crippen molar-refractivity contribution in [3.8, 4) is 17.0 Å². The smallest absolute Gasteiger partial charge is 0.323 e. The van der Waals surface area contributed by atoms with Crippen molar-refractivity contribution in [2.45, 2.75) is 18.8 Å². The van der Waals surface area contributed by atoms with Crippen molar-refractivity contribution in [1.29, 1.82) is 0 Å². The Balaban J connectivity index is 1.64. The van der Waals surface area contributed by atoms with Gasteiger partial charge in [-0.15, -0.1) is 0 Å². The molecule has 1 aliphatic rings. The summed E-state index contributed by atoms with van der Waals surface area (Å²) in [7, 11) is 1.67. The monoisotopic (exact) mass is 449 g/mol. The number of imidazole rings is 1. The second kappa shape index (κ2) is 9.91. The predicted octanol–water partition coefficient (Wildman–Crippen LogP) is 4.76. The lowest BCUT2D eigenvalue weighted by molar-refractivity contribution is 0.183. The van der Waals surface area contributed by atoms with Crippen LogP contribution < -0.4 is 10.1 Å². The van der Waals surface area contributed by atoms with Crippen LogP contribution in [0.25, 0.3) is 16.8 Å². The number of nitrogens with one attached hydrogen (secondary N) is 1. The first-order valence-electron chi connectivity index (χ1n) is 10.5. The Labute approximate surface area is 192 Å². The van der Waals surface area contributed by atoms with Gasteiger partial charge in [0.15, 0.2) is 5.17 Å². The number of likely N-dealkylation sites (tertiary alicyclic amines) is 1. The molecule has 1 atom stereocenters. The first-order valence-corrected chi connectivity index (χ1v) is 11.8. The number of rotatable bonds is 4. The van der Waals surface area contributed by atoms with Crippen LogP contribution in [-0.4, -0.2) is 51.9 Å². The zero-order valence-electron chi connectivity index (χ0n) is 18.3. The second-order valence-corrected chi connectivity index (χ2v) is 8.34. The average molecular weight is 450 g/mol. The summed E-state index contributed by atoms with van der Waals surface area (Å²) in [6, 6.07) is 13.9. The Morgan fingerprint density at radius 1 is 1.34 bits per heavy atom. The van der Waals surface area contributed by atoms with Crippen LogP contribution in [0.5, 0.6) is 5.75 Å². The maximum atomic E-state index is 12.8. The van der Waals surface area contributed by atoms with Gasteiger partial charge in [0, 0.05) is 37.0 Å². The molecule has 0 aliphatic carbocycles. The Kier molecular flexibility index (Phi) is 6.80. The highest BCUT2D eigenvalue weighted by Crippen LogP contribution is 2.33. The van der Waals surface area contributed by atoms with E-state index in [1.165, 1.54) is 18.0 Å². The molecule has 32 heavy (non-hydrogen) atoms. The van der Waals surface area contributed by atoms with Gasteiger partial charge in [-0.05, 0) is 43.4 Å². The number of amides is 2. The summed E-state index contributed by atoms with van der Waals surface area (Å²) in [5, 5.41) is 3.42. The van der Waals surface area contributed by atoms with Crippen LogP contribution in [0.2, 0.25) is 0 Å². The molecule has 0 bridgehead atoms. The summed E-state index contributed by atoms with van der Waals surface area (Å²) < 4.78 is 7.55. The van der Waals surface area contributed by atoms with Gasteiger partial charge >= 0.3 is 6.03 Å². The topological polar surface area (TPSA) is 71.2 Å². The fraction of sp³-hybridized carbons (Fsp3) is 0.292. The van der Waals surface area contributed by atoms with Crippen molar-refractivity contribution in [3.63, 3.8) is 0 Å². The van der Waals surface area contributed by atoms with Gasteiger partial charge in [0.25, 0.3) is 0 Å². The Hall–Kier alpha value is -3.26. The molecule has 7 nitrogen and oxygen atoms in total. The molecule has 8 heteroatoms. The van der Waals surface area contributed by atoms with Gasteiger partial charge in [-0.2, -0.15) is 0 Å². The number of hydrogen-bond donors (Lipinski definition) is 1. The number of urea groups is 1.